The SMILES string of the molecule is Cc1ccc(C(O)c2cc(Cl)c(C)cc2Br)cc1. The van der Waals surface area contributed by atoms with Gasteiger partial charge in [-0.15, -0.1) is 0 Å². The largest absolute Gasteiger partial charge is 0.384 e. The molecule has 1 N–H and O–H groups in total. The Labute approximate surface area is 121 Å². The fourth-order valence-corrected chi connectivity index (χ4v) is 2.65. The average Bonchev–Trinajstić information content (AvgIpc) is 2.34. The van der Waals surface area contributed by atoms with Crippen LogP contribution in [0, 0.1) is 13.8 Å². The molecule has 2 aromatic carbocycles. The van der Waals surface area contributed by atoms with Crippen LogP contribution in [0.15, 0.2) is 40.9 Å². The van der Waals surface area contributed by atoms with Crippen LogP contribution in [0.5, 0.6) is 0 Å². The number of aliphatic hydroxyl groups excluding tert-OH is 1. The van der Waals surface area contributed by atoms with Crippen LogP contribution in [0.2, 0.25) is 5.02 Å². The molecule has 2 aromatic rings. The van der Waals surface area contributed by atoms with Crippen molar-refractivity contribution >= 4 is 27.5 Å². The lowest BCUT2D eigenvalue weighted by atomic mass is 10.00. The molecule has 0 fully saturated rings. The quantitative estimate of drug-likeness (QED) is 0.841. The maximum atomic E-state index is 10.4. The molecular formula is C15H14BrClO. The topological polar surface area (TPSA) is 20.2 Å². The molecule has 0 aliphatic carbocycles. The highest BCUT2D eigenvalue weighted by atomic mass is 79.9. The molecule has 18 heavy (non-hydrogen) atoms. The Hall–Kier alpha value is -0.830. The van der Waals surface area contributed by atoms with Crippen molar-refractivity contribution in [3.05, 3.63) is 68.1 Å². The van der Waals surface area contributed by atoms with Gasteiger partial charge in [0.05, 0.1) is 0 Å². The predicted octanol–water partition coefficient (Wildman–Crippen LogP) is 4.80. The summed E-state index contributed by atoms with van der Waals surface area (Å²) in [5.74, 6) is 0. The number of hydrogen-bond donors (Lipinski definition) is 1. The van der Waals surface area contributed by atoms with E-state index in [1.807, 2.05) is 50.2 Å². The van der Waals surface area contributed by atoms with Crippen molar-refractivity contribution in [2.45, 2.75) is 20.0 Å². The highest BCUT2D eigenvalue weighted by molar-refractivity contribution is 9.10. The van der Waals surface area contributed by atoms with Gasteiger partial charge in [-0.3, -0.25) is 0 Å². The maximum Gasteiger partial charge on any atom is 0.105 e. The number of rotatable bonds is 2. The van der Waals surface area contributed by atoms with Crippen LogP contribution in [0.1, 0.15) is 28.4 Å². The fourth-order valence-electron chi connectivity index (χ4n) is 1.80. The van der Waals surface area contributed by atoms with Crippen LogP contribution in [-0.2, 0) is 0 Å². The number of aliphatic hydroxyl groups is 1. The number of benzene rings is 2. The summed E-state index contributed by atoms with van der Waals surface area (Å²) in [5.41, 5.74) is 3.81. The van der Waals surface area contributed by atoms with Gasteiger partial charge in [0.1, 0.15) is 6.10 Å². The van der Waals surface area contributed by atoms with Gasteiger partial charge >= 0.3 is 0 Å². The van der Waals surface area contributed by atoms with Gasteiger partial charge < -0.3 is 5.11 Å². The molecule has 0 aliphatic heterocycles. The number of halogens is 2. The first-order valence-corrected chi connectivity index (χ1v) is 6.86. The summed E-state index contributed by atoms with van der Waals surface area (Å²) in [4.78, 5) is 0. The van der Waals surface area contributed by atoms with Crippen molar-refractivity contribution in [2.24, 2.45) is 0 Å². The fraction of sp³-hybridized carbons (Fsp3) is 0.200. The second kappa shape index (κ2) is 5.43. The van der Waals surface area contributed by atoms with Gasteiger partial charge in [-0.05, 0) is 37.1 Å². The van der Waals surface area contributed by atoms with Gasteiger partial charge in [0.25, 0.3) is 0 Å². The van der Waals surface area contributed by atoms with Gasteiger partial charge in [0.2, 0.25) is 0 Å². The van der Waals surface area contributed by atoms with Crippen LogP contribution in [0.3, 0.4) is 0 Å². The maximum absolute atomic E-state index is 10.4. The lowest BCUT2D eigenvalue weighted by Crippen LogP contribution is -2.01. The van der Waals surface area contributed by atoms with Gasteiger partial charge in [-0.25, -0.2) is 0 Å². The normalized spacial score (nSPS) is 12.5. The molecule has 0 amide bonds. The van der Waals surface area contributed by atoms with E-state index in [2.05, 4.69) is 15.9 Å². The summed E-state index contributed by atoms with van der Waals surface area (Å²) >= 11 is 9.59. The number of aryl methyl sites for hydroxylation is 2. The molecule has 1 unspecified atom stereocenters. The summed E-state index contributed by atoms with van der Waals surface area (Å²) in [7, 11) is 0. The summed E-state index contributed by atoms with van der Waals surface area (Å²) in [5, 5.41) is 11.1. The van der Waals surface area contributed by atoms with Crippen molar-refractivity contribution < 1.29 is 5.11 Å². The molecule has 0 saturated carbocycles. The molecular weight excluding hydrogens is 312 g/mol. The van der Waals surface area contributed by atoms with Crippen molar-refractivity contribution in [3.63, 3.8) is 0 Å². The molecule has 0 aromatic heterocycles. The van der Waals surface area contributed by atoms with E-state index in [1.165, 1.54) is 5.56 Å². The molecule has 1 atom stereocenters. The first-order chi connectivity index (χ1) is 8.49. The van der Waals surface area contributed by atoms with Crippen LogP contribution in [0.4, 0.5) is 0 Å². The highest BCUT2D eigenvalue weighted by Gasteiger charge is 2.15. The average molecular weight is 326 g/mol. The highest BCUT2D eigenvalue weighted by Crippen LogP contribution is 2.32. The standard InChI is InChI=1S/C15H14BrClO/c1-9-3-5-11(6-4-9)15(18)12-8-14(17)10(2)7-13(12)16/h3-8,15,18H,1-2H3. The Morgan fingerprint density at radius 1 is 1.11 bits per heavy atom. The van der Waals surface area contributed by atoms with Crippen LogP contribution in [0.25, 0.3) is 0 Å². The van der Waals surface area contributed by atoms with Crippen molar-refractivity contribution in [2.75, 3.05) is 0 Å². The predicted molar refractivity (Wildman–Crippen MR) is 79.1 cm³/mol. The minimum absolute atomic E-state index is 0.666. The van der Waals surface area contributed by atoms with Gasteiger partial charge in [-0.2, -0.15) is 0 Å². The molecule has 0 aliphatic rings. The van der Waals surface area contributed by atoms with E-state index in [9.17, 15) is 5.11 Å². The number of hydrogen-bond acceptors (Lipinski definition) is 1. The summed E-state index contributed by atoms with van der Waals surface area (Å²) < 4.78 is 0.873. The molecule has 0 saturated heterocycles. The van der Waals surface area contributed by atoms with E-state index < -0.39 is 6.10 Å². The smallest absolute Gasteiger partial charge is 0.105 e. The third-order valence-electron chi connectivity index (χ3n) is 2.97. The van der Waals surface area contributed by atoms with Crippen molar-refractivity contribution in [1.29, 1.82) is 0 Å². The second-order valence-corrected chi connectivity index (χ2v) is 5.70. The van der Waals surface area contributed by atoms with E-state index in [0.29, 0.717) is 5.02 Å². The lowest BCUT2D eigenvalue weighted by Gasteiger charge is -2.15. The molecule has 2 rings (SSSR count). The van der Waals surface area contributed by atoms with E-state index in [4.69, 9.17) is 11.6 Å². The van der Waals surface area contributed by atoms with E-state index >= 15 is 0 Å². The molecule has 0 heterocycles. The Bertz CT molecular complexity index is 563. The zero-order chi connectivity index (χ0) is 13.3. The monoisotopic (exact) mass is 324 g/mol. The molecule has 0 radical (unpaired) electrons. The third-order valence-corrected chi connectivity index (χ3v) is 4.06. The molecule has 94 valence electrons. The Balaban J connectivity index is 2.42. The van der Waals surface area contributed by atoms with E-state index in [1.54, 1.807) is 0 Å². The zero-order valence-electron chi connectivity index (χ0n) is 10.2. The lowest BCUT2D eigenvalue weighted by molar-refractivity contribution is 0.219. The first-order valence-electron chi connectivity index (χ1n) is 5.69. The molecule has 3 heteroatoms. The summed E-state index contributed by atoms with van der Waals surface area (Å²) in [6.07, 6.45) is -0.668. The van der Waals surface area contributed by atoms with Crippen molar-refractivity contribution in [1.82, 2.24) is 0 Å². The third kappa shape index (κ3) is 2.77. The van der Waals surface area contributed by atoms with E-state index in [-0.39, 0.29) is 0 Å². The van der Waals surface area contributed by atoms with Gasteiger partial charge in [-0.1, -0.05) is 57.4 Å². The van der Waals surface area contributed by atoms with Crippen molar-refractivity contribution in [3.8, 4) is 0 Å². The zero-order valence-corrected chi connectivity index (χ0v) is 12.6. The van der Waals surface area contributed by atoms with E-state index in [0.717, 1.165) is 21.2 Å². The molecule has 0 spiro atoms. The molecule has 1 nitrogen and oxygen atoms in total. The van der Waals surface area contributed by atoms with Crippen LogP contribution >= 0.6 is 27.5 Å². The van der Waals surface area contributed by atoms with Crippen LogP contribution < -0.4 is 0 Å². The minimum atomic E-state index is -0.668. The van der Waals surface area contributed by atoms with Gasteiger partial charge in [0, 0.05) is 15.1 Å². The Kier molecular flexibility index (Phi) is 4.10. The summed E-state index contributed by atoms with van der Waals surface area (Å²) in [6, 6.07) is 11.6. The Morgan fingerprint density at radius 2 is 1.72 bits per heavy atom. The van der Waals surface area contributed by atoms with Gasteiger partial charge in [0.15, 0.2) is 0 Å². The summed E-state index contributed by atoms with van der Waals surface area (Å²) in [6.45, 7) is 3.96. The van der Waals surface area contributed by atoms with Crippen LogP contribution in [-0.4, -0.2) is 5.11 Å². The minimum Gasteiger partial charge on any atom is -0.384 e. The second-order valence-electron chi connectivity index (χ2n) is 4.44. The molecule has 0 bridgehead atoms. The Morgan fingerprint density at radius 3 is 2.33 bits per heavy atom. The first kappa shape index (κ1) is 13.6.